The average Bonchev–Trinajstić information content (AvgIpc) is 2.83. The van der Waals surface area contributed by atoms with E-state index in [0.717, 1.165) is 0 Å². The van der Waals surface area contributed by atoms with Crippen LogP contribution in [0, 0.1) is 11.3 Å². The summed E-state index contributed by atoms with van der Waals surface area (Å²) in [5.41, 5.74) is 1.85. The van der Waals surface area contributed by atoms with Gasteiger partial charge in [-0.15, -0.1) is 5.10 Å². The smallest absolute Gasteiger partial charge is 0.325 e. The number of nitrogens with zero attached hydrogens (tertiary/aromatic N) is 4. The number of aromatic nitrogens is 3. The van der Waals surface area contributed by atoms with Gasteiger partial charge in [-0.1, -0.05) is 17.3 Å². The van der Waals surface area contributed by atoms with Crippen molar-refractivity contribution >= 4 is 11.7 Å². The minimum absolute atomic E-state index is 0.220. The van der Waals surface area contributed by atoms with Crippen LogP contribution in [0.4, 0.5) is 5.69 Å². The quantitative estimate of drug-likeness (QED) is 0.822. The summed E-state index contributed by atoms with van der Waals surface area (Å²) in [5.74, 6) is -0.973. The first kappa shape index (κ1) is 12.6. The van der Waals surface area contributed by atoms with E-state index in [0.29, 0.717) is 23.5 Å². The van der Waals surface area contributed by atoms with Crippen LogP contribution in [0.5, 0.6) is 0 Å². The fraction of sp³-hybridized carbons (Fsp3) is 0.167. The van der Waals surface area contributed by atoms with Gasteiger partial charge in [0.05, 0.1) is 24.0 Å². The fourth-order valence-electron chi connectivity index (χ4n) is 1.56. The molecule has 2 aromatic rings. The molecule has 96 valence electrons. The summed E-state index contributed by atoms with van der Waals surface area (Å²) in [6.45, 7) is 0.153. The Morgan fingerprint density at radius 2 is 2.26 bits per heavy atom. The van der Waals surface area contributed by atoms with E-state index >= 15 is 0 Å². The lowest BCUT2D eigenvalue weighted by molar-refractivity contribution is -0.137. The molecule has 0 bridgehead atoms. The molecule has 0 spiro atoms. The van der Waals surface area contributed by atoms with Gasteiger partial charge in [-0.05, 0) is 12.1 Å². The van der Waals surface area contributed by atoms with Crippen LogP contribution in [0.15, 0.2) is 30.5 Å². The maximum Gasteiger partial charge on any atom is 0.325 e. The van der Waals surface area contributed by atoms with Crippen LogP contribution in [0.25, 0.3) is 0 Å². The number of carboxylic acids is 1. The van der Waals surface area contributed by atoms with Crippen LogP contribution in [-0.4, -0.2) is 26.1 Å². The van der Waals surface area contributed by atoms with E-state index in [4.69, 9.17) is 10.4 Å². The average molecular weight is 257 g/mol. The lowest BCUT2D eigenvalue weighted by Crippen LogP contribution is -2.09. The van der Waals surface area contributed by atoms with Crippen LogP contribution in [-0.2, 0) is 17.9 Å². The lowest BCUT2D eigenvalue weighted by Gasteiger charge is -2.05. The van der Waals surface area contributed by atoms with Gasteiger partial charge in [-0.2, -0.15) is 5.26 Å². The highest BCUT2D eigenvalue weighted by molar-refractivity contribution is 5.66. The summed E-state index contributed by atoms with van der Waals surface area (Å²) in [4.78, 5) is 10.5. The predicted molar refractivity (Wildman–Crippen MR) is 66.1 cm³/mol. The number of hydrogen-bond acceptors (Lipinski definition) is 5. The van der Waals surface area contributed by atoms with Crippen LogP contribution in [0.1, 0.15) is 11.3 Å². The van der Waals surface area contributed by atoms with Crippen molar-refractivity contribution in [2.75, 3.05) is 5.32 Å². The summed E-state index contributed by atoms with van der Waals surface area (Å²) in [6.07, 6.45) is 1.55. The van der Waals surface area contributed by atoms with Gasteiger partial charge in [0.25, 0.3) is 0 Å². The van der Waals surface area contributed by atoms with E-state index in [1.807, 2.05) is 6.07 Å². The Morgan fingerprint density at radius 3 is 3.00 bits per heavy atom. The number of carboxylic acid groups (broad SMARTS) is 1. The zero-order valence-electron chi connectivity index (χ0n) is 9.95. The second kappa shape index (κ2) is 5.64. The highest BCUT2D eigenvalue weighted by atomic mass is 16.4. The third-order valence-electron chi connectivity index (χ3n) is 2.39. The van der Waals surface area contributed by atoms with E-state index in [9.17, 15) is 4.79 Å². The van der Waals surface area contributed by atoms with Crippen LogP contribution < -0.4 is 5.32 Å². The molecule has 1 aromatic carbocycles. The molecule has 0 fully saturated rings. The molecule has 2 rings (SSSR count). The molecule has 1 heterocycles. The zero-order valence-corrected chi connectivity index (χ0v) is 9.95. The summed E-state index contributed by atoms with van der Waals surface area (Å²) in [6, 6.07) is 9.19. The first-order valence-corrected chi connectivity index (χ1v) is 5.53. The molecule has 0 saturated carbocycles. The maximum absolute atomic E-state index is 10.5. The Bertz CT molecular complexity index is 629. The first-order chi connectivity index (χ1) is 9.19. The molecular weight excluding hydrogens is 246 g/mol. The van der Waals surface area contributed by atoms with Crippen molar-refractivity contribution in [1.29, 1.82) is 5.26 Å². The highest BCUT2D eigenvalue weighted by Gasteiger charge is 2.05. The molecule has 0 aliphatic carbocycles. The third kappa shape index (κ3) is 3.29. The summed E-state index contributed by atoms with van der Waals surface area (Å²) >= 11 is 0. The molecule has 19 heavy (non-hydrogen) atoms. The van der Waals surface area contributed by atoms with Gasteiger partial charge < -0.3 is 10.4 Å². The molecule has 1 aromatic heterocycles. The largest absolute Gasteiger partial charge is 0.480 e. The fourth-order valence-corrected chi connectivity index (χ4v) is 1.56. The number of aliphatic carboxylic acids is 1. The topological polar surface area (TPSA) is 104 Å². The predicted octanol–water partition coefficient (Wildman–Crippen LogP) is 0.846. The molecule has 2 N–H and O–H groups in total. The second-order valence-electron chi connectivity index (χ2n) is 3.81. The Kier molecular flexibility index (Phi) is 3.73. The molecule has 0 saturated heterocycles. The minimum Gasteiger partial charge on any atom is -0.480 e. The van der Waals surface area contributed by atoms with Crippen LogP contribution >= 0.6 is 0 Å². The number of para-hydroxylation sites is 1. The maximum atomic E-state index is 10.5. The van der Waals surface area contributed by atoms with Crippen LogP contribution in [0.3, 0.4) is 0 Å². The minimum atomic E-state index is -0.973. The molecule has 7 nitrogen and oxygen atoms in total. The molecule has 0 aliphatic heterocycles. The molecule has 0 aliphatic rings. The SMILES string of the molecule is N#Cc1ccccc1NCc1cn(CC(=O)O)nn1. The molecule has 7 heteroatoms. The van der Waals surface area contributed by atoms with E-state index in [1.54, 1.807) is 24.4 Å². The van der Waals surface area contributed by atoms with Gasteiger partial charge in [-0.3, -0.25) is 4.79 Å². The normalized spacial score (nSPS) is 9.84. The Labute approximate surface area is 109 Å². The van der Waals surface area contributed by atoms with Gasteiger partial charge >= 0.3 is 5.97 Å². The zero-order chi connectivity index (χ0) is 13.7. The lowest BCUT2D eigenvalue weighted by atomic mass is 10.2. The standard InChI is InChI=1S/C12H11N5O2/c13-5-9-3-1-2-4-11(9)14-6-10-7-17(16-15-10)8-12(18)19/h1-4,7,14H,6,8H2,(H,18,19). The van der Waals surface area contributed by atoms with Crippen molar-refractivity contribution in [3.63, 3.8) is 0 Å². The van der Waals surface area contributed by atoms with Crippen LogP contribution in [0.2, 0.25) is 0 Å². The number of benzene rings is 1. The monoisotopic (exact) mass is 257 g/mol. The number of carbonyl (C=O) groups is 1. The summed E-state index contributed by atoms with van der Waals surface area (Å²) in [5, 5.41) is 28.1. The molecule has 0 amide bonds. The Balaban J connectivity index is 2.01. The molecular formula is C12H11N5O2. The number of rotatable bonds is 5. The van der Waals surface area contributed by atoms with Gasteiger partial charge in [0.1, 0.15) is 18.3 Å². The van der Waals surface area contributed by atoms with Crippen molar-refractivity contribution in [3.8, 4) is 6.07 Å². The number of anilines is 1. The summed E-state index contributed by atoms with van der Waals surface area (Å²) in [7, 11) is 0. The highest BCUT2D eigenvalue weighted by Crippen LogP contribution is 2.14. The van der Waals surface area contributed by atoms with Crippen molar-refractivity contribution in [2.45, 2.75) is 13.1 Å². The number of nitriles is 1. The summed E-state index contributed by atoms with van der Waals surface area (Å²) < 4.78 is 1.25. The van der Waals surface area contributed by atoms with Gasteiger partial charge in [0.15, 0.2) is 0 Å². The molecule has 0 radical (unpaired) electrons. The first-order valence-electron chi connectivity index (χ1n) is 5.53. The van der Waals surface area contributed by atoms with E-state index in [-0.39, 0.29) is 6.54 Å². The van der Waals surface area contributed by atoms with Crippen molar-refractivity contribution in [2.24, 2.45) is 0 Å². The molecule has 0 atom stereocenters. The number of nitrogens with one attached hydrogen (secondary N) is 1. The Morgan fingerprint density at radius 1 is 1.47 bits per heavy atom. The van der Waals surface area contributed by atoms with Crippen molar-refractivity contribution in [3.05, 3.63) is 41.7 Å². The number of hydrogen-bond donors (Lipinski definition) is 2. The van der Waals surface area contributed by atoms with Crippen molar-refractivity contribution < 1.29 is 9.90 Å². The third-order valence-corrected chi connectivity index (χ3v) is 2.39. The van der Waals surface area contributed by atoms with Gasteiger partial charge in [-0.25, -0.2) is 4.68 Å². The van der Waals surface area contributed by atoms with E-state index in [2.05, 4.69) is 21.7 Å². The van der Waals surface area contributed by atoms with Gasteiger partial charge in [0.2, 0.25) is 0 Å². The van der Waals surface area contributed by atoms with Crippen molar-refractivity contribution in [1.82, 2.24) is 15.0 Å². The van der Waals surface area contributed by atoms with E-state index < -0.39 is 5.97 Å². The van der Waals surface area contributed by atoms with Gasteiger partial charge in [0, 0.05) is 0 Å². The molecule has 0 unspecified atom stereocenters. The second-order valence-corrected chi connectivity index (χ2v) is 3.81. The van der Waals surface area contributed by atoms with E-state index in [1.165, 1.54) is 4.68 Å². The Hall–Kier alpha value is -2.88.